The molecule has 1 heterocycles. The van der Waals surface area contributed by atoms with Gasteiger partial charge in [0.05, 0.1) is 26.9 Å². The lowest BCUT2D eigenvalue weighted by atomic mass is 10.4. The van der Waals surface area contributed by atoms with Crippen LogP contribution in [0.5, 0.6) is 0 Å². The monoisotopic (exact) mass is 189 g/mol. The highest BCUT2D eigenvalue weighted by molar-refractivity contribution is 5.71. The van der Waals surface area contributed by atoms with Crippen LogP contribution in [0.1, 0.15) is 13.8 Å². The van der Waals surface area contributed by atoms with Gasteiger partial charge in [0.1, 0.15) is 0 Å². The lowest BCUT2D eigenvalue weighted by Crippen LogP contribution is -2.39. The van der Waals surface area contributed by atoms with E-state index in [-0.39, 0.29) is 5.97 Å². The molecule has 1 rings (SSSR count). The highest BCUT2D eigenvalue weighted by atomic mass is 16.5. The Morgan fingerprint density at radius 2 is 1.92 bits per heavy atom. The van der Waals surface area contributed by atoms with Crippen LogP contribution in [0.15, 0.2) is 0 Å². The Morgan fingerprint density at radius 1 is 1.38 bits per heavy atom. The minimum absolute atomic E-state index is 0.174. The van der Waals surface area contributed by atoms with Gasteiger partial charge in [-0.15, -0.1) is 0 Å². The number of carbonyl (C=O) groups excluding carboxylic acids is 1. The molecular formula is C9H19NO3. The number of hydrogen-bond donors (Lipinski definition) is 0. The predicted octanol–water partition coefficient (Wildman–Crippen LogP) is 0.518. The van der Waals surface area contributed by atoms with E-state index in [9.17, 15) is 4.79 Å². The topological polar surface area (TPSA) is 38.8 Å². The number of rotatable bonds is 2. The van der Waals surface area contributed by atoms with Crippen LogP contribution < -0.4 is 0 Å². The number of ether oxygens (including phenoxy) is 2. The van der Waals surface area contributed by atoms with Crippen LogP contribution >= 0.6 is 0 Å². The second kappa shape index (κ2) is 8.01. The molecule has 1 aliphatic heterocycles. The van der Waals surface area contributed by atoms with Gasteiger partial charge in [-0.05, 0) is 0 Å². The second-order valence-corrected chi connectivity index (χ2v) is 2.46. The molecule has 4 heteroatoms. The van der Waals surface area contributed by atoms with Gasteiger partial charge in [0.15, 0.2) is 0 Å². The van der Waals surface area contributed by atoms with E-state index >= 15 is 0 Å². The van der Waals surface area contributed by atoms with Gasteiger partial charge >= 0.3 is 5.97 Å². The Bertz CT molecular complexity index is 133. The molecule has 0 amide bonds. The van der Waals surface area contributed by atoms with Crippen molar-refractivity contribution in [3.05, 3.63) is 0 Å². The zero-order valence-corrected chi connectivity index (χ0v) is 8.71. The zero-order valence-electron chi connectivity index (χ0n) is 8.71. The molecule has 0 unspecified atom stereocenters. The van der Waals surface area contributed by atoms with Crippen molar-refractivity contribution in [3.8, 4) is 0 Å². The molecule has 0 saturated carbocycles. The SMILES string of the molecule is CC.COC(=O)CN1CCOCC1. The Hall–Kier alpha value is -0.610. The molecular weight excluding hydrogens is 170 g/mol. The molecule has 0 aromatic heterocycles. The van der Waals surface area contributed by atoms with Crippen molar-refractivity contribution in [2.24, 2.45) is 0 Å². The van der Waals surface area contributed by atoms with Crippen LogP contribution in [0.4, 0.5) is 0 Å². The standard InChI is InChI=1S/C7H13NO3.C2H6/c1-10-7(9)6-8-2-4-11-5-3-8;1-2/h2-6H2,1H3;1-2H3. The molecule has 0 aliphatic carbocycles. The third-order valence-electron chi connectivity index (χ3n) is 1.68. The molecule has 0 bridgehead atoms. The van der Waals surface area contributed by atoms with Crippen molar-refractivity contribution in [1.82, 2.24) is 4.90 Å². The van der Waals surface area contributed by atoms with Crippen molar-refractivity contribution in [2.75, 3.05) is 40.0 Å². The summed E-state index contributed by atoms with van der Waals surface area (Å²) in [4.78, 5) is 12.8. The molecule has 1 aliphatic rings. The van der Waals surface area contributed by atoms with Gasteiger partial charge in [0.25, 0.3) is 0 Å². The van der Waals surface area contributed by atoms with E-state index < -0.39 is 0 Å². The summed E-state index contributed by atoms with van der Waals surface area (Å²) in [5.74, 6) is -0.174. The Kier molecular flexibility index (Phi) is 7.63. The highest BCUT2D eigenvalue weighted by Gasteiger charge is 2.13. The van der Waals surface area contributed by atoms with Gasteiger partial charge in [0, 0.05) is 13.1 Å². The highest BCUT2D eigenvalue weighted by Crippen LogP contribution is 1.95. The summed E-state index contributed by atoms with van der Waals surface area (Å²) in [6, 6.07) is 0. The van der Waals surface area contributed by atoms with Crippen molar-refractivity contribution in [3.63, 3.8) is 0 Å². The van der Waals surface area contributed by atoms with E-state index in [1.54, 1.807) is 0 Å². The van der Waals surface area contributed by atoms with E-state index in [0.29, 0.717) is 6.54 Å². The van der Waals surface area contributed by atoms with E-state index in [4.69, 9.17) is 4.74 Å². The van der Waals surface area contributed by atoms with E-state index in [0.717, 1.165) is 26.3 Å². The number of morpholine rings is 1. The number of methoxy groups -OCH3 is 1. The molecule has 0 radical (unpaired) electrons. The normalized spacial score (nSPS) is 17.2. The first kappa shape index (κ1) is 12.4. The van der Waals surface area contributed by atoms with Crippen LogP contribution in [0.25, 0.3) is 0 Å². The van der Waals surface area contributed by atoms with E-state index in [1.165, 1.54) is 7.11 Å². The van der Waals surface area contributed by atoms with Crippen LogP contribution in [-0.4, -0.2) is 50.8 Å². The van der Waals surface area contributed by atoms with Gasteiger partial charge in [-0.1, -0.05) is 13.8 Å². The maximum atomic E-state index is 10.8. The lowest BCUT2D eigenvalue weighted by molar-refractivity contribution is -0.142. The van der Waals surface area contributed by atoms with E-state index in [2.05, 4.69) is 4.74 Å². The number of nitrogens with zero attached hydrogens (tertiary/aromatic N) is 1. The number of hydrogen-bond acceptors (Lipinski definition) is 4. The third-order valence-corrected chi connectivity index (χ3v) is 1.68. The molecule has 78 valence electrons. The first-order valence-corrected chi connectivity index (χ1v) is 4.70. The van der Waals surface area contributed by atoms with Crippen molar-refractivity contribution in [2.45, 2.75) is 13.8 Å². The minimum Gasteiger partial charge on any atom is -0.468 e. The molecule has 0 N–H and O–H groups in total. The summed E-state index contributed by atoms with van der Waals surface area (Å²) in [5, 5.41) is 0. The molecule has 0 spiro atoms. The molecule has 13 heavy (non-hydrogen) atoms. The minimum atomic E-state index is -0.174. The van der Waals surface area contributed by atoms with Gasteiger partial charge in [0.2, 0.25) is 0 Å². The molecule has 1 saturated heterocycles. The fourth-order valence-corrected chi connectivity index (χ4v) is 1.01. The van der Waals surface area contributed by atoms with Crippen LogP contribution in [0.2, 0.25) is 0 Å². The third kappa shape index (κ3) is 5.60. The summed E-state index contributed by atoms with van der Waals surface area (Å²) in [5.41, 5.74) is 0. The fraction of sp³-hybridized carbons (Fsp3) is 0.889. The Balaban J connectivity index is 0.000000671. The first-order chi connectivity index (χ1) is 6.33. The molecule has 4 nitrogen and oxygen atoms in total. The van der Waals surface area contributed by atoms with Crippen molar-refractivity contribution >= 4 is 5.97 Å². The summed E-state index contributed by atoms with van der Waals surface area (Å²) in [7, 11) is 1.41. The van der Waals surface area contributed by atoms with Crippen LogP contribution in [0.3, 0.4) is 0 Å². The first-order valence-electron chi connectivity index (χ1n) is 4.70. The zero-order chi connectivity index (χ0) is 10.1. The van der Waals surface area contributed by atoms with Gasteiger partial charge < -0.3 is 9.47 Å². The summed E-state index contributed by atoms with van der Waals surface area (Å²) < 4.78 is 9.65. The van der Waals surface area contributed by atoms with Crippen molar-refractivity contribution < 1.29 is 14.3 Å². The number of carbonyl (C=O) groups is 1. The number of esters is 1. The second-order valence-electron chi connectivity index (χ2n) is 2.46. The predicted molar refractivity (Wildman–Crippen MR) is 50.6 cm³/mol. The van der Waals surface area contributed by atoms with E-state index in [1.807, 2.05) is 18.7 Å². The van der Waals surface area contributed by atoms with Gasteiger partial charge in [-0.25, -0.2) is 0 Å². The van der Waals surface area contributed by atoms with Crippen LogP contribution in [0, 0.1) is 0 Å². The smallest absolute Gasteiger partial charge is 0.319 e. The molecule has 0 aromatic rings. The summed E-state index contributed by atoms with van der Waals surface area (Å²) in [6.07, 6.45) is 0. The summed E-state index contributed by atoms with van der Waals surface area (Å²) >= 11 is 0. The van der Waals surface area contributed by atoms with Gasteiger partial charge in [-0.2, -0.15) is 0 Å². The largest absolute Gasteiger partial charge is 0.468 e. The Labute approximate surface area is 79.8 Å². The maximum Gasteiger partial charge on any atom is 0.319 e. The summed E-state index contributed by atoms with van der Waals surface area (Å²) in [6.45, 7) is 7.48. The van der Waals surface area contributed by atoms with Crippen molar-refractivity contribution in [1.29, 1.82) is 0 Å². The quantitative estimate of drug-likeness (QED) is 0.594. The molecule has 0 atom stereocenters. The molecule has 0 aromatic carbocycles. The average molecular weight is 189 g/mol. The lowest BCUT2D eigenvalue weighted by Gasteiger charge is -2.24. The Morgan fingerprint density at radius 3 is 2.38 bits per heavy atom. The average Bonchev–Trinajstić information content (AvgIpc) is 2.22. The van der Waals surface area contributed by atoms with Gasteiger partial charge in [-0.3, -0.25) is 9.69 Å². The molecule has 1 fully saturated rings. The van der Waals surface area contributed by atoms with Crippen LogP contribution in [-0.2, 0) is 14.3 Å². The fourth-order valence-electron chi connectivity index (χ4n) is 1.01. The maximum absolute atomic E-state index is 10.8.